The smallest absolute Gasteiger partial charge is 0.277 e. The van der Waals surface area contributed by atoms with Gasteiger partial charge in [-0.05, 0) is 17.4 Å². The molecule has 1 saturated heterocycles. The van der Waals surface area contributed by atoms with E-state index < -0.39 is 23.8 Å². The molecule has 1 unspecified atom stereocenters. The SMILES string of the molecule is CC(C)C1C(=O)NC(=O)N(CC(C)(C)c2cccs2)C1=O. The molecule has 1 aromatic heterocycles. The molecule has 2 rings (SSSR count). The zero-order chi connectivity index (χ0) is 15.8. The number of thiophene rings is 1. The summed E-state index contributed by atoms with van der Waals surface area (Å²) in [7, 11) is 0. The highest BCUT2D eigenvalue weighted by Gasteiger charge is 2.43. The van der Waals surface area contributed by atoms with Crippen LogP contribution in [0, 0.1) is 11.8 Å². The highest BCUT2D eigenvalue weighted by Crippen LogP contribution is 2.30. The van der Waals surface area contributed by atoms with Crippen molar-refractivity contribution in [1.29, 1.82) is 0 Å². The second-order valence-electron chi connectivity index (χ2n) is 6.30. The summed E-state index contributed by atoms with van der Waals surface area (Å²) in [6.07, 6.45) is 0. The van der Waals surface area contributed by atoms with Crippen molar-refractivity contribution in [3.63, 3.8) is 0 Å². The predicted octanol–water partition coefficient (Wildman–Crippen LogP) is 2.38. The summed E-state index contributed by atoms with van der Waals surface area (Å²) in [4.78, 5) is 38.6. The molecule has 21 heavy (non-hydrogen) atoms. The van der Waals surface area contributed by atoms with Gasteiger partial charge in [-0.3, -0.25) is 19.8 Å². The molecule has 0 bridgehead atoms. The van der Waals surface area contributed by atoms with Crippen LogP contribution in [0.4, 0.5) is 4.79 Å². The zero-order valence-corrected chi connectivity index (χ0v) is 13.5. The van der Waals surface area contributed by atoms with Crippen LogP contribution in [0.25, 0.3) is 0 Å². The Balaban J connectivity index is 2.24. The van der Waals surface area contributed by atoms with E-state index in [9.17, 15) is 14.4 Å². The molecule has 1 fully saturated rings. The molecule has 1 aliphatic heterocycles. The zero-order valence-electron chi connectivity index (χ0n) is 12.7. The molecule has 4 amide bonds. The Morgan fingerprint density at radius 2 is 2.00 bits per heavy atom. The van der Waals surface area contributed by atoms with Crippen LogP contribution in [0.3, 0.4) is 0 Å². The topological polar surface area (TPSA) is 66.5 Å². The van der Waals surface area contributed by atoms with Gasteiger partial charge >= 0.3 is 6.03 Å². The van der Waals surface area contributed by atoms with Crippen molar-refractivity contribution >= 4 is 29.2 Å². The number of imide groups is 2. The molecule has 5 nitrogen and oxygen atoms in total. The van der Waals surface area contributed by atoms with Gasteiger partial charge in [0.15, 0.2) is 0 Å². The van der Waals surface area contributed by atoms with Crippen molar-refractivity contribution in [3.8, 4) is 0 Å². The lowest BCUT2D eigenvalue weighted by atomic mass is 9.88. The first-order valence-corrected chi connectivity index (χ1v) is 7.82. The molecular formula is C15H20N2O3S. The molecule has 1 aliphatic rings. The summed E-state index contributed by atoms with van der Waals surface area (Å²) >= 11 is 1.59. The molecule has 0 aromatic carbocycles. The summed E-state index contributed by atoms with van der Waals surface area (Å²) in [5, 5.41) is 4.26. The molecule has 0 radical (unpaired) electrons. The summed E-state index contributed by atoms with van der Waals surface area (Å²) in [6, 6.07) is 3.31. The van der Waals surface area contributed by atoms with Gasteiger partial charge in [0.05, 0.1) is 0 Å². The molecule has 1 atom stereocenters. The maximum absolute atomic E-state index is 12.5. The number of carbonyl (C=O) groups excluding carboxylic acids is 3. The van der Waals surface area contributed by atoms with Crippen LogP contribution >= 0.6 is 11.3 Å². The lowest BCUT2D eigenvalue weighted by Crippen LogP contribution is -2.61. The number of hydrogen-bond donors (Lipinski definition) is 1. The fourth-order valence-electron chi connectivity index (χ4n) is 2.51. The van der Waals surface area contributed by atoms with Crippen LogP contribution in [0.15, 0.2) is 17.5 Å². The standard InChI is InChI=1S/C15H20N2O3S/c1-9(2)11-12(18)16-14(20)17(13(11)19)8-15(3,4)10-6-5-7-21-10/h5-7,9,11H,8H2,1-4H3,(H,16,18,20). The van der Waals surface area contributed by atoms with Gasteiger partial charge in [-0.1, -0.05) is 33.8 Å². The maximum Gasteiger partial charge on any atom is 0.330 e. The van der Waals surface area contributed by atoms with Gasteiger partial charge in [0.1, 0.15) is 5.92 Å². The van der Waals surface area contributed by atoms with Crippen LogP contribution in [-0.2, 0) is 15.0 Å². The Morgan fingerprint density at radius 3 is 2.52 bits per heavy atom. The predicted molar refractivity (Wildman–Crippen MR) is 80.9 cm³/mol. The van der Waals surface area contributed by atoms with Gasteiger partial charge in [-0.2, -0.15) is 0 Å². The molecule has 2 heterocycles. The van der Waals surface area contributed by atoms with E-state index in [1.54, 1.807) is 25.2 Å². The first-order valence-electron chi connectivity index (χ1n) is 6.94. The van der Waals surface area contributed by atoms with Gasteiger partial charge < -0.3 is 0 Å². The van der Waals surface area contributed by atoms with E-state index in [-0.39, 0.29) is 17.9 Å². The third-order valence-corrected chi connectivity index (χ3v) is 4.93. The number of urea groups is 1. The monoisotopic (exact) mass is 308 g/mol. The molecule has 0 spiro atoms. The van der Waals surface area contributed by atoms with Gasteiger partial charge in [0, 0.05) is 16.8 Å². The molecule has 6 heteroatoms. The minimum absolute atomic E-state index is 0.141. The van der Waals surface area contributed by atoms with Crippen LogP contribution < -0.4 is 5.32 Å². The van der Waals surface area contributed by atoms with Crippen molar-refractivity contribution in [1.82, 2.24) is 10.2 Å². The van der Waals surface area contributed by atoms with Gasteiger partial charge in [-0.15, -0.1) is 11.3 Å². The lowest BCUT2D eigenvalue weighted by molar-refractivity contribution is -0.145. The van der Waals surface area contributed by atoms with Gasteiger partial charge in [0.25, 0.3) is 0 Å². The van der Waals surface area contributed by atoms with Crippen molar-refractivity contribution in [2.75, 3.05) is 6.54 Å². The first kappa shape index (κ1) is 15.7. The second kappa shape index (κ2) is 5.60. The average Bonchev–Trinajstić information content (AvgIpc) is 2.88. The fraction of sp³-hybridized carbons (Fsp3) is 0.533. The van der Waals surface area contributed by atoms with E-state index >= 15 is 0 Å². The van der Waals surface area contributed by atoms with Crippen molar-refractivity contribution < 1.29 is 14.4 Å². The van der Waals surface area contributed by atoms with Crippen LogP contribution in [0.2, 0.25) is 0 Å². The van der Waals surface area contributed by atoms with Gasteiger partial charge in [0.2, 0.25) is 11.8 Å². The van der Waals surface area contributed by atoms with Crippen LogP contribution in [-0.4, -0.2) is 29.3 Å². The number of barbiturate groups is 1. The van der Waals surface area contributed by atoms with E-state index in [4.69, 9.17) is 0 Å². The van der Waals surface area contributed by atoms with Crippen molar-refractivity contribution in [2.45, 2.75) is 33.1 Å². The van der Waals surface area contributed by atoms with E-state index in [1.165, 1.54) is 4.90 Å². The Labute approximate surface area is 128 Å². The number of hydrogen-bond acceptors (Lipinski definition) is 4. The summed E-state index contributed by atoms with van der Waals surface area (Å²) in [5.74, 6) is -1.83. The fourth-order valence-corrected chi connectivity index (χ4v) is 3.35. The normalized spacial score (nSPS) is 20.1. The largest absolute Gasteiger partial charge is 0.330 e. The minimum atomic E-state index is -0.790. The number of carbonyl (C=O) groups is 3. The first-order chi connectivity index (χ1) is 9.74. The van der Waals surface area contributed by atoms with E-state index in [2.05, 4.69) is 5.32 Å². The third-order valence-electron chi connectivity index (χ3n) is 3.70. The van der Waals surface area contributed by atoms with Crippen molar-refractivity contribution in [2.24, 2.45) is 11.8 Å². The number of rotatable bonds is 4. The second-order valence-corrected chi connectivity index (χ2v) is 7.25. The summed E-state index contributed by atoms with van der Waals surface area (Å²) in [6.45, 7) is 7.84. The van der Waals surface area contributed by atoms with E-state index in [0.717, 1.165) is 4.88 Å². The van der Waals surface area contributed by atoms with E-state index in [0.29, 0.717) is 0 Å². The van der Waals surface area contributed by atoms with Gasteiger partial charge in [-0.25, -0.2) is 4.79 Å². The summed E-state index contributed by atoms with van der Waals surface area (Å²) < 4.78 is 0. The highest BCUT2D eigenvalue weighted by atomic mass is 32.1. The molecular weight excluding hydrogens is 288 g/mol. The molecule has 0 saturated carbocycles. The Kier molecular flexibility index (Phi) is 4.18. The maximum atomic E-state index is 12.5. The Hall–Kier alpha value is -1.69. The number of amides is 4. The molecule has 114 valence electrons. The minimum Gasteiger partial charge on any atom is -0.277 e. The highest BCUT2D eigenvalue weighted by molar-refractivity contribution is 7.10. The molecule has 1 aromatic rings. The number of nitrogens with zero attached hydrogens (tertiary/aromatic N) is 1. The van der Waals surface area contributed by atoms with E-state index in [1.807, 2.05) is 31.4 Å². The molecule has 1 N–H and O–H groups in total. The van der Waals surface area contributed by atoms with Crippen LogP contribution in [0.5, 0.6) is 0 Å². The third kappa shape index (κ3) is 3.00. The Bertz CT molecular complexity index is 563. The quantitative estimate of drug-likeness (QED) is 0.868. The Morgan fingerprint density at radius 1 is 1.33 bits per heavy atom. The number of nitrogens with one attached hydrogen (secondary N) is 1. The van der Waals surface area contributed by atoms with Crippen molar-refractivity contribution in [3.05, 3.63) is 22.4 Å². The molecule has 0 aliphatic carbocycles. The van der Waals surface area contributed by atoms with Crippen LogP contribution in [0.1, 0.15) is 32.6 Å². The summed E-state index contributed by atoms with van der Waals surface area (Å²) in [5.41, 5.74) is -0.344. The average molecular weight is 308 g/mol. The lowest BCUT2D eigenvalue weighted by Gasteiger charge is -2.36.